The lowest BCUT2D eigenvalue weighted by atomic mass is 9.94. The number of benzene rings is 1. The van der Waals surface area contributed by atoms with Crippen LogP contribution in [0.15, 0.2) is 18.2 Å². The number of likely N-dealkylation sites (tertiary alicyclic amines) is 1. The molecule has 3 heteroatoms. The molecule has 0 saturated carbocycles. The fourth-order valence-electron chi connectivity index (χ4n) is 3.48. The Morgan fingerprint density at radius 1 is 1.37 bits per heavy atom. The number of aryl methyl sites for hydroxylation is 1. The second-order valence-corrected chi connectivity index (χ2v) is 6.10. The van der Waals surface area contributed by atoms with E-state index in [4.69, 9.17) is 0 Å². The molecule has 1 aromatic carbocycles. The average molecular weight is 262 g/mol. The quantitative estimate of drug-likeness (QED) is 0.881. The maximum absolute atomic E-state index is 13.7. The Labute approximate surface area is 115 Å². The smallest absolute Gasteiger partial charge is 0.126 e. The van der Waals surface area contributed by atoms with E-state index in [1.54, 1.807) is 6.07 Å². The van der Waals surface area contributed by atoms with Crippen LogP contribution in [0.3, 0.4) is 0 Å². The summed E-state index contributed by atoms with van der Waals surface area (Å²) in [6.07, 6.45) is 2.63. The summed E-state index contributed by atoms with van der Waals surface area (Å²) in [4.78, 5) is 2.50. The third-order valence-electron chi connectivity index (χ3n) is 4.85. The minimum Gasteiger partial charge on any atom is -0.312 e. The minimum atomic E-state index is -0.0842. The number of nitrogens with zero attached hydrogens (tertiary/aromatic N) is 1. The van der Waals surface area contributed by atoms with E-state index in [9.17, 15) is 4.39 Å². The van der Waals surface area contributed by atoms with Crippen molar-refractivity contribution in [3.8, 4) is 0 Å². The standard InChI is InChI=1S/C16H23FN2/c1-11-5-6-13(8-15(11)17)12(2)19-9-14-4-3-7-18-16(14)10-19/h5-6,8,12,14,16,18H,3-4,7,9-10H2,1-2H3/t12?,14-,16+/m0/s1. The summed E-state index contributed by atoms with van der Waals surface area (Å²) in [5.74, 6) is 0.700. The zero-order valence-electron chi connectivity index (χ0n) is 11.8. The number of hydrogen-bond donors (Lipinski definition) is 1. The fourth-order valence-corrected chi connectivity index (χ4v) is 3.48. The Bertz CT molecular complexity index is 446. The number of fused-ring (bicyclic) bond motifs is 1. The molecule has 1 N–H and O–H groups in total. The van der Waals surface area contributed by atoms with E-state index in [2.05, 4.69) is 23.2 Å². The van der Waals surface area contributed by atoms with E-state index in [1.165, 1.54) is 12.8 Å². The van der Waals surface area contributed by atoms with Crippen LogP contribution < -0.4 is 5.32 Å². The molecule has 0 spiro atoms. The van der Waals surface area contributed by atoms with Crippen LogP contribution in [0.1, 0.15) is 36.9 Å². The molecule has 0 aliphatic carbocycles. The highest BCUT2D eigenvalue weighted by Gasteiger charge is 2.36. The number of hydrogen-bond acceptors (Lipinski definition) is 2. The lowest BCUT2D eigenvalue weighted by Gasteiger charge is -2.25. The van der Waals surface area contributed by atoms with Gasteiger partial charge in [-0.05, 0) is 56.3 Å². The lowest BCUT2D eigenvalue weighted by molar-refractivity contribution is 0.250. The first kappa shape index (κ1) is 13.1. The molecule has 1 unspecified atom stereocenters. The van der Waals surface area contributed by atoms with Crippen molar-refractivity contribution in [2.45, 2.75) is 38.8 Å². The Kier molecular flexibility index (Phi) is 3.59. The number of rotatable bonds is 2. The summed E-state index contributed by atoms with van der Waals surface area (Å²) in [7, 11) is 0. The van der Waals surface area contributed by atoms with Crippen molar-refractivity contribution in [2.75, 3.05) is 19.6 Å². The molecule has 3 atom stereocenters. The van der Waals surface area contributed by atoms with Crippen LogP contribution in [0.5, 0.6) is 0 Å². The molecule has 104 valence electrons. The first-order valence-electron chi connectivity index (χ1n) is 7.38. The number of halogens is 1. The van der Waals surface area contributed by atoms with Crippen molar-refractivity contribution in [1.82, 2.24) is 10.2 Å². The summed E-state index contributed by atoms with van der Waals surface area (Å²) in [6, 6.07) is 6.62. The third kappa shape index (κ3) is 2.54. The number of piperidine rings is 1. The van der Waals surface area contributed by atoms with Crippen LogP contribution in [0, 0.1) is 18.7 Å². The molecule has 0 aromatic heterocycles. The van der Waals surface area contributed by atoms with Crippen LogP contribution in [0.25, 0.3) is 0 Å². The van der Waals surface area contributed by atoms with E-state index >= 15 is 0 Å². The first-order chi connectivity index (χ1) is 9.15. The largest absolute Gasteiger partial charge is 0.312 e. The molecular weight excluding hydrogens is 239 g/mol. The maximum atomic E-state index is 13.7. The van der Waals surface area contributed by atoms with Gasteiger partial charge in [-0.2, -0.15) is 0 Å². The van der Waals surface area contributed by atoms with Gasteiger partial charge in [0.2, 0.25) is 0 Å². The highest BCUT2D eigenvalue weighted by molar-refractivity contribution is 5.25. The van der Waals surface area contributed by atoms with Crippen molar-refractivity contribution < 1.29 is 4.39 Å². The Morgan fingerprint density at radius 2 is 2.21 bits per heavy atom. The molecule has 2 fully saturated rings. The summed E-state index contributed by atoms with van der Waals surface area (Å²) < 4.78 is 13.7. The van der Waals surface area contributed by atoms with E-state index in [0.717, 1.165) is 36.7 Å². The van der Waals surface area contributed by atoms with Gasteiger partial charge in [-0.15, -0.1) is 0 Å². The summed E-state index contributed by atoms with van der Waals surface area (Å²) in [6.45, 7) is 7.41. The monoisotopic (exact) mass is 262 g/mol. The summed E-state index contributed by atoms with van der Waals surface area (Å²) in [5.41, 5.74) is 1.83. The highest BCUT2D eigenvalue weighted by Crippen LogP contribution is 2.31. The number of nitrogens with one attached hydrogen (secondary N) is 1. The van der Waals surface area contributed by atoms with Crippen molar-refractivity contribution >= 4 is 0 Å². The Balaban J connectivity index is 1.73. The molecule has 3 rings (SSSR count). The van der Waals surface area contributed by atoms with Gasteiger partial charge >= 0.3 is 0 Å². The van der Waals surface area contributed by atoms with Gasteiger partial charge in [-0.25, -0.2) is 4.39 Å². The fraction of sp³-hybridized carbons (Fsp3) is 0.625. The van der Waals surface area contributed by atoms with E-state index < -0.39 is 0 Å². The van der Waals surface area contributed by atoms with Crippen molar-refractivity contribution in [3.05, 3.63) is 35.1 Å². The SMILES string of the molecule is Cc1ccc(C(C)N2C[C@@H]3CCCN[C@@H]3C2)cc1F. The first-order valence-corrected chi connectivity index (χ1v) is 7.38. The van der Waals surface area contributed by atoms with Crippen LogP contribution in [-0.4, -0.2) is 30.6 Å². The second kappa shape index (κ2) is 5.22. The Morgan fingerprint density at radius 3 is 2.95 bits per heavy atom. The molecule has 2 aliphatic heterocycles. The van der Waals surface area contributed by atoms with Gasteiger partial charge in [0.15, 0.2) is 0 Å². The molecule has 0 radical (unpaired) electrons. The third-order valence-corrected chi connectivity index (χ3v) is 4.85. The summed E-state index contributed by atoms with van der Waals surface area (Å²) >= 11 is 0. The topological polar surface area (TPSA) is 15.3 Å². The predicted octanol–water partition coefficient (Wildman–Crippen LogP) is 2.88. The van der Waals surface area contributed by atoms with Gasteiger partial charge in [0.1, 0.15) is 5.82 Å². The molecule has 2 aliphatic rings. The molecule has 0 amide bonds. The predicted molar refractivity (Wildman–Crippen MR) is 75.6 cm³/mol. The lowest BCUT2D eigenvalue weighted by Crippen LogP contribution is -2.40. The van der Waals surface area contributed by atoms with Gasteiger partial charge in [-0.3, -0.25) is 4.90 Å². The molecule has 0 bridgehead atoms. The van der Waals surface area contributed by atoms with Gasteiger partial charge in [0.25, 0.3) is 0 Å². The van der Waals surface area contributed by atoms with E-state index in [0.29, 0.717) is 12.1 Å². The van der Waals surface area contributed by atoms with Gasteiger partial charge in [0, 0.05) is 25.2 Å². The maximum Gasteiger partial charge on any atom is 0.126 e. The van der Waals surface area contributed by atoms with Crippen LogP contribution in [-0.2, 0) is 0 Å². The molecular formula is C16H23FN2. The molecule has 19 heavy (non-hydrogen) atoms. The zero-order valence-corrected chi connectivity index (χ0v) is 11.8. The molecule has 2 saturated heterocycles. The average Bonchev–Trinajstić information content (AvgIpc) is 2.85. The zero-order chi connectivity index (χ0) is 13.4. The van der Waals surface area contributed by atoms with Crippen molar-refractivity contribution in [3.63, 3.8) is 0 Å². The van der Waals surface area contributed by atoms with Crippen molar-refractivity contribution in [2.24, 2.45) is 5.92 Å². The van der Waals surface area contributed by atoms with Crippen LogP contribution in [0.4, 0.5) is 4.39 Å². The van der Waals surface area contributed by atoms with Crippen LogP contribution in [0.2, 0.25) is 0 Å². The minimum absolute atomic E-state index is 0.0842. The Hall–Kier alpha value is -0.930. The molecule has 2 nitrogen and oxygen atoms in total. The van der Waals surface area contributed by atoms with Crippen molar-refractivity contribution in [1.29, 1.82) is 0 Å². The van der Waals surface area contributed by atoms with E-state index in [-0.39, 0.29) is 5.82 Å². The summed E-state index contributed by atoms with van der Waals surface area (Å²) in [5, 5.41) is 3.62. The molecule has 1 aromatic rings. The normalized spacial score (nSPS) is 29.2. The van der Waals surface area contributed by atoms with Gasteiger partial charge in [-0.1, -0.05) is 12.1 Å². The van der Waals surface area contributed by atoms with Crippen LogP contribution >= 0.6 is 0 Å². The van der Waals surface area contributed by atoms with Gasteiger partial charge in [0.05, 0.1) is 0 Å². The second-order valence-electron chi connectivity index (χ2n) is 6.10. The van der Waals surface area contributed by atoms with E-state index in [1.807, 2.05) is 13.0 Å². The van der Waals surface area contributed by atoms with Gasteiger partial charge < -0.3 is 5.32 Å². The highest BCUT2D eigenvalue weighted by atomic mass is 19.1. The molecule has 2 heterocycles.